The minimum Gasteiger partial charge on any atom is -0.383 e. The lowest BCUT2D eigenvalue weighted by Gasteiger charge is -2.10. The molecule has 0 saturated heterocycles. The summed E-state index contributed by atoms with van der Waals surface area (Å²) in [4.78, 5) is 11.8. The molecular formula is C12H15N5. The molecule has 5 nitrogen and oxygen atoms in total. The fourth-order valence-electron chi connectivity index (χ4n) is 1.42. The first kappa shape index (κ1) is 11.3. The van der Waals surface area contributed by atoms with Crippen molar-refractivity contribution in [1.82, 2.24) is 15.0 Å². The van der Waals surface area contributed by atoms with Gasteiger partial charge in [-0.15, -0.1) is 0 Å². The molecule has 2 rings (SSSR count). The molecule has 0 amide bonds. The highest BCUT2D eigenvalue weighted by molar-refractivity contribution is 5.58. The lowest BCUT2D eigenvalue weighted by atomic mass is 10.2. The van der Waals surface area contributed by atoms with E-state index in [1.807, 2.05) is 24.3 Å². The van der Waals surface area contributed by atoms with E-state index in [0.29, 0.717) is 12.0 Å². The summed E-state index contributed by atoms with van der Waals surface area (Å²) in [6, 6.07) is 8.42. The molecule has 2 aromatic rings. The number of hydrogen-bond donors (Lipinski definition) is 2. The summed E-state index contributed by atoms with van der Waals surface area (Å²) < 4.78 is 0. The summed E-state index contributed by atoms with van der Waals surface area (Å²) in [5, 5.41) is 6.42. The van der Waals surface area contributed by atoms with Crippen LogP contribution in [0.3, 0.4) is 0 Å². The molecular weight excluding hydrogens is 214 g/mol. The maximum absolute atomic E-state index is 4.00. The molecule has 0 fully saturated rings. The third kappa shape index (κ3) is 3.41. The minimum absolute atomic E-state index is 0.428. The highest BCUT2D eigenvalue weighted by Gasteiger charge is 1.98. The van der Waals surface area contributed by atoms with Crippen molar-refractivity contribution in [2.45, 2.75) is 19.9 Å². The predicted molar refractivity (Wildman–Crippen MR) is 68.3 cm³/mol. The number of nitrogens with one attached hydrogen (secondary N) is 2. The molecule has 0 unspecified atom stereocenters. The number of benzene rings is 1. The standard InChI is InChI=1S/C12H15N5/c1-9(2)16-10-3-5-11(6-4-10)17-12-14-7-13-8-15-12/h3-9,16H,1-2H3,(H,13,14,15,17). The SMILES string of the molecule is CC(C)Nc1ccc(Nc2ncncn2)cc1. The monoisotopic (exact) mass is 229 g/mol. The van der Waals surface area contributed by atoms with E-state index in [2.05, 4.69) is 39.4 Å². The Labute approximate surface area is 100 Å². The summed E-state index contributed by atoms with van der Waals surface area (Å²) in [5.74, 6) is 0.546. The molecule has 5 heteroatoms. The van der Waals surface area contributed by atoms with Gasteiger partial charge in [0.05, 0.1) is 0 Å². The zero-order chi connectivity index (χ0) is 12.1. The first-order valence-corrected chi connectivity index (χ1v) is 5.49. The zero-order valence-corrected chi connectivity index (χ0v) is 9.88. The van der Waals surface area contributed by atoms with Crippen LogP contribution in [0.15, 0.2) is 36.9 Å². The van der Waals surface area contributed by atoms with Crippen LogP contribution in [-0.2, 0) is 0 Å². The molecule has 0 bridgehead atoms. The van der Waals surface area contributed by atoms with Crippen molar-refractivity contribution < 1.29 is 0 Å². The van der Waals surface area contributed by atoms with Gasteiger partial charge in [-0.2, -0.15) is 0 Å². The van der Waals surface area contributed by atoms with Crippen LogP contribution < -0.4 is 10.6 Å². The number of aromatic nitrogens is 3. The average Bonchev–Trinajstić information content (AvgIpc) is 2.32. The van der Waals surface area contributed by atoms with E-state index in [-0.39, 0.29) is 0 Å². The Bertz CT molecular complexity index is 452. The zero-order valence-electron chi connectivity index (χ0n) is 9.88. The van der Waals surface area contributed by atoms with Gasteiger partial charge >= 0.3 is 0 Å². The number of hydrogen-bond acceptors (Lipinski definition) is 5. The van der Waals surface area contributed by atoms with Gasteiger partial charge in [0.2, 0.25) is 5.95 Å². The van der Waals surface area contributed by atoms with Crippen LogP contribution in [0.25, 0.3) is 0 Å². The van der Waals surface area contributed by atoms with E-state index in [0.717, 1.165) is 11.4 Å². The number of anilines is 3. The van der Waals surface area contributed by atoms with Crippen LogP contribution in [0, 0.1) is 0 Å². The van der Waals surface area contributed by atoms with E-state index < -0.39 is 0 Å². The van der Waals surface area contributed by atoms with Crippen LogP contribution >= 0.6 is 0 Å². The van der Waals surface area contributed by atoms with E-state index >= 15 is 0 Å². The minimum atomic E-state index is 0.428. The summed E-state index contributed by atoms with van der Waals surface area (Å²) in [6.45, 7) is 4.22. The third-order valence-electron chi connectivity index (χ3n) is 2.09. The van der Waals surface area contributed by atoms with Gasteiger partial charge in [-0.05, 0) is 38.1 Å². The van der Waals surface area contributed by atoms with Gasteiger partial charge in [0, 0.05) is 17.4 Å². The van der Waals surface area contributed by atoms with Gasteiger partial charge in [-0.1, -0.05) is 0 Å². The molecule has 0 aliphatic carbocycles. The van der Waals surface area contributed by atoms with Crippen molar-refractivity contribution in [1.29, 1.82) is 0 Å². The summed E-state index contributed by atoms with van der Waals surface area (Å²) >= 11 is 0. The van der Waals surface area contributed by atoms with Crippen molar-refractivity contribution in [2.75, 3.05) is 10.6 Å². The van der Waals surface area contributed by atoms with Crippen molar-refractivity contribution in [2.24, 2.45) is 0 Å². The molecule has 2 N–H and O–H groups in total. The molecule has 0 atom stereocenters. The molecule has 0 aliphatic rings. The fourth-order valence-corrected chi connectivity index (χ4v) is 1.42. The average molecular weight is 229 g/mol. The normalized spacial score (nSPS) is 10.3. The Morgan fingerprint density at radius 1 is 0.941 bits per heavy atom. The highest BCUT2D eigenvalue weighted by Crippen LogP contribution is 2.16. The summed E-state index contributed by atoms with van der Waals surface area (Å²) in [6.07, 6.45) is 2.92. The van der Waals surface area contributed by atoms with E-state index in [9.17, 15) is 0 Å². The first-order chi connectivity index (χ1) is 8.24. The first-order valence-electron chi connectivity index (χ1n) is 5.49. The predicted octanol–water partition coefficient (Wildman–Crippen LogP) is 2.44. The molecule has 0 saturated carbocycles. The second-order valence-electron chi connectivity index (χ2n) is 3.96. The van der Waals surface area contributed by atoms with Crippen LogP contribution in [0.4, 0.5) is 17.3 Å². The van der Waals surface area contributed by atoms with Gasteiger partial charge in [0.25, 0.3) is 0 Å². The van der Waals surface area contributed by atoms with Crippen molar-refractivity contribution in [3.05, 3.63) is 36.9 Å². The van der Waals surface area contributed by atoms with Crippen LogP contribution in [0.2, 0.25) is 0 Å². The van der Waals surface area contributed by atoms with E-state index in [4.69, 9.17) is 0 Å². The van der Waals surface area contributed by atoms with E-state index in [1.54, 1.807) is 0 Å². The number of rotatable bonds is 4. The molecule has 1 aromatic carbocycles. The molecule has 1 aromatic heterocycles. The van der Waals surface area contributed by atoms with Crippen molar-refractivity contribution in [3.8, 4) is 0 Å². The van der Waals surface area contributed by atoms with Crippen LogP contribution in [-0.4, -0.2) is 21.0 Å². The maximum Gasteiger partial charge on any atom is 0.230 e. The van der Waals surface area contributed by atoms with Crippen molar-refractivity contribution >= 4 is 17.3 Å². The molecule has 88 valence electrons. The molecule has 1 heterocycles. The van der Waals surface area contributed by atoms with Gasteiger partial charge in [0.1, 0.15) is 12.7 Å². The molecule has 0 radical (unpaired) electrons. The Kier molecular flexibility index (Phi) is 3.49. The molecule has 17 heavy (non-hydrogen) atoms. The van der Waals surface area contributed by atoms with Gasteiger partial charge in [-0.3, -0.25) is 0 Å². The van der Waals surface area contributed by atoms with Gasteiger partial charge in [-0.25, -0.2) is 15.0 Å². The van der Waals surface area contributed by atoms with E-state index in [1.165, 1.54) is 12.7 Å². The van der Waals surface area contributed by atoms with Crippen LogP contribution in [0.1, 0.15) is 13.8 Å². The maximum atomic E-state index is 4.00. The lowest BCUT2D eigenvalue weighted by Crippen LogP contribution is -2.09. The number of nitrogens with zero attached hydrogens (tertiary/aromatic N) is 3. The summed E-state index contributed by atoms with van der Waals surface area (Å²) in [7, 11) is 0. The quantitative estimate of drug-likeness (QED) is 0.843. The smallest absolute Gasteiger partial charge is 0.230 e. The topological polar surface area (TPSA) is 62.7 Å². The highest BCUT2D eigenvalue weighted by atomic mass is 15.1. The third-order valence-corrected chi connectivity index (χ3v) is 2.09. The second-order valence-corrected chi connectivity index (χ2v) is 3.96. The summed E-state index contributed by atoms with van der Waals surface area (Å²) in [5.41, 5.74) is 2.05. The molecule has 0 aliphatic heterocycles. The van der Waals surface area contributed by atoms with Crippen LogP contribution in [0.5, 0.6) is 0 Å². The Hall–Kier alpha value is -2.17. The second kappa shape index (κ2) is 5.25. The largest absolute Gasteiger partial charge is 0.383 e. The fraction of sp³-hybridized carbons (Fsp3) is 0.250. The van der Waals surface area contributed by atoms with Gasteiger partial charge < -0.3 is 10.6 Å². The molecule has 0 spiro atoms. The Morgan fingerprint density at radius 3 is 2.12 bits per heavy atom. The van der Waals surface area contributed by atoms with Gasteiger partial charge in [0.15, 0.2) is 0 Å². The van der Waals surface area contributed by atoms with Crippen molar-refractivity contribution in [3.63, 3.8) is 0 Å². The Balaban J connectivity index is 2.03. The Morgan fingerprint density at radius 2 is 1.53 bits per heavy atom. The lowest BCUT2D eigenvalue weighted by molar-refractivity contribution is 0.900.